The fourth-order valence-corrected chi connectivity index (χ4v) is 3.96. The Morgan fingerprint density at radius 1 is 1.22 bits per heavy atom. The molecule has 2 aromatic heterocycles. The molecule has 0 saturated heterocycles. The first-order valence-corrected chi connectivity index (χ1v) is 10.3. The molecule has 0 fully saturated rings. The van der Waals surface area contributed by atoms with Crippen LogP contribution in [0.5, 0.6) is 0 Å². The lowest BCUT2D eigenvalue weighted by atomic mass is 10.0. The van der Waals surface area contributed by atoms with Crippen LogP contribution in [0.3, 0.4) is 0 Å². The molecule has 1 amide bonds. The van der Waals surface area contributed by atoms with E-state index in [0.29, 0.717) is 5.76 Å². The number of amides is 1. The summed E-state index contributed by atoms with van der Waals surface area (Å²) in [6.07, 6.45) is 3.76. The third kappa shape index (κ3) is 4.86. The number of hydrogen-bond acceptors (Lipinski definition) is 4. The summed E-state index contributed by atoms with van der Waals surface area (Å²) in [6, 6.07) is 12.5. The molecule has 0 aliphatic rings. The van der Waals surface area contributed by atoms with Gasteiger partial charge in [0.1, 0.15) is 5.76 Å². The van der Waals surface area contributed by atoms with Crippen LogP contribution in [-0.2, 0) is 17.6 Å². The minimum atomic E-state index is -0.141. The van der Waals surface area contributed by atoms with Crippen LogP contribution in [0.15, 0.2) is 46.3 Å². The van der Waals surface area contributed by atoms with Crippen LogP contribution in [0.1, 0.15) is 58.8 Å². The van der Waals surface area contributed by atoms with E-state index in [2.05, 4.69) is 47.7 Å². The predicted molar refractivity (Wildman–Crippen MR) is 109 cm³/mol. The van der Waals surface area contributed by atoms with Crippen molar-refractivity contribution in [1.29, 1.82) is 0 Å². The molecule has 0 aliphatic carbocycles. The number of rotatable bonds is 8. The zero-order chi connectivity index (χ0) is 19.2. The number of benzene rings is 1. The first-order valence-electron chi connectivity index (χ1n) is 9.41. The van der Waals surface area contributed by atoms with Gasteiger partial charge in [0.25, 0.3) is 0 Å². The topological polar surface area (TPSA) is 55.1 Å². The number of nitrogens with zero attached hydrogens (tertiary/aromatic N) is 1. The molecule has 27 heavy (non-hydrogen) atoms. The predicted octanol–water partition coefficient (Wildman–Crippen LogP) is 5.14. The van der Waals surface area contributed by atoms with Gasteiger partial charge in [-0.2, -0.15) is 0 Å². The highest BCUT2D eigenvalue weighted by molar-refractivity contribution is 7.10. The minimum Gasteiger partial charge on any atom is -0.361 e. The fraction of sp³-hybridized carbons (Fsp3) is 0.364. The summed E-state index contributed by atoms with van der Waals surface area (Å²) in [5.74, 6) is 0.675. The summed E-state index contributed by atoms with van der Waals surface area (Å²) in [5, 5.41) is 9.17. The minimum absolute atomic E-state index is 0.0298. The van der Waals surface area contributed by atoms with Gasteiger partial charge in [0.05, 0.1) is 18.2 Å². The third-order valence-corrected chi connectivity index (χ3v) is 5.72. The van der Waals surface area contributed by atoms with Gasteiger partial charge in [-0.3, -0.25) is 4.79 Å². The standard InChI is InChI=1S/C22H26N2O2S/c1-4-5-7-17-9-11-18(12-10-17)22(20-8-6-13-27-20)23-21(25)14-19-15(2)24-26-16(19)3/h6,8-13,22H,4-5,7,14H2,1-3H3,(H,23,25)/t22-/m1/s1. The fourth-order valence-electron chi connectivity index (χ4n) is 3.16. The summed E-state index contributed by atoms with van der Waals surface area (Å²) < 4.78 is 5.18. The van der Waals surface area contributed by atoms with Crippen LogP contribution in [0.4, 0.5) is 0 Å². The number of thiophene rings is 1. The van der Waals surface area contributed by atoms with Crippen molar-refractivity contribution in [1.82, 2.24) is 10.5 Å². The van der Waals surface area contributed by atoms with E-state index >= 15 is 0 Å². The summed E-state index contributed by atoms with van der Waals surface area (Å²) in [5.41, 5.74) is 4.08. The zero-order valence-corrected chi connectivity index (χ0v) is 16.9. The van der Waals surface area contributed by atoms with Crippen LogP contribution in [0, 0.1) is 13.8 Å². The Balaban J connectivity index is 1.77. The second-order valence-corrected chi connectivity index (χ2v) is 7.82. The van der Waals surface area contributed by atoms with Crippen LogP contribution < -0.4 is 5.32 Å². The molecule has 0 bridgehead atoms. The SMILES string of the molecule is CCCCc1ccc([C@@H](NC(=O)Cc2c(C)noc2C)c2cccs2)cc1. The van der Waals surface area contributed by atoms with Crippen molar-refractivity contribution in [3.8, 4) is 0 Å². The van der Waals surface area contributed by atoms with Crippen molar-refractivity contribution in [2.75, 3.05) is 0 Å². The highest BCUT2D eigenvalue weighted by atomic mass is 32.1. The Bertz CT molecular complexity index is 847. The number of nitrogens with one attached hydrogen (secondary N) is 1. The molecule has 3 aromatic rings. The monoisotopic (exact) mass is 382 g/mol. The lowest BCUT2D eigenvalue weighted by Crippen LogP contribution is -2.30. The first kappa shape index (κ1) is 19.4. The molecule has 2 heterocycles. The van der Waals surface area contributed by atoms with E-state index in [0.717, 1.165) is 28.1 Å². The van der Waals surface area contributed by atoms with E-state index < -0.39 is 0 Å². The van der Waals surface area contributed by atoms with Crippen molar-refractivity contribution in [2.24, 2.45) is 0 Å². The molecule has 5 heteroatoms. The van der Waals surface area contributed by atoms with Gasteiger partial charge >= 0.3 is 0 Å². The molecule has 0 spiro atoms. The van der Waals surface area contributed by atoms with Gasteiger partial charge in [0.2, 0.25) is 5.91 Å². The third-order valence-electron chi connectivity index (χ3n) is 4.78. The number of carbonyl (C=O) groups is 1. The Kier molecular flexibility index (Phi) is 6.45. The molecule has 0 radical (unpaired) electrons. The second-order valence-electron chi connectivity index (χ2n) is 6.84. The molecular weight excluding hydrogens is 356 g/mol. The van der Waals surface area contributed by atoms with Gasteiger partial charge < -0.3 is 9.84 Å². The number of unbranched alkanes of at least 4 members (excludes halogenated alkanes) is 1. The molecule has 4 nitrogen and oxygen atoms in total. The van der Waals surface area contributed by atoms with Crippen LogP contribution in [0.2, 0.25) is 0 Å². The lowest BCUT2D eigenvalue weighted by Gasteiger charge is -2.18. The quantitative estimate of drug-likeness (QED) is 0.586. The number of carbonyl (C=O) groups excluding carboxylic acids is 1. The molecule has 1 N–H and O–H groups in total. The highest BCUT2D eigenvalue weighted by Crippen LogP contribution is 2.27. The van der Waals surface area contributed by atoms with Gasteiger partial charge in [0, 0.05) is 10.4 Å². The van der Waals surface area contributed by atoms with Gasteiger partial charge in [-0.25, -0.2) is 0 Å². The van der Waals surface area contributed by atoms with Crippen LogP contribution in [0.25, 0.3) is 0 Å². The van der Waals surface area contributed by atoms with Gasteiger partial charge in [0.15, 0.2) is 0 Å². The maximum Gasteiger partial charge on any atom is 0.225 e. The van der Waals surface area contributed by atoms with Crippen molar-refractivity contribution in [2.45, 2.75) is 52.5 Å². The van der Waals surface area contributed by atoms with E-state index in [1.54, 1.807) is 11.3 Å². The van der Waals surface area contributed by atoms with E-state index in [9.17, 15) is 4.79 Å². The molecule has 1 aromatic carbocycles. The summed E-state index contributed by atoms with van der Waals surface area (Å²) in [6.45, 7) is 5.91. The molecule has 0 unspecified atom stereocenters. The lowest BCUT2D eigenvalue weighted by molar-refractivity contribution is -0.120. The number of aryl methyl sites for hydroxylation is 3. The molecule has 0 aliphatic heterocycles. The van der Waals surface area contributed by atoms with Gasteiger partial charge in [-0.05, 0) is 49.3 Å². The Labute approximate surface area is 164 Å². The Morgan fingerprint density at radius 2 is 2.00 bits per heavy atom. The van der Waals surface area contributed by atoms with Crippen molar-refractivity contribution in [3.05, 3.63) is 74.8 Å². The van der Waals surface area contributed by atoms with Gasteiger partial charge in [-0.1, -0.05) is 48.8 Å². The average molecular weight is 383 g/mol. The van der Waals surface area contributed by atoms with E-state index in [1.807, 2.05) is 25.3 Å². The Morgan fingerprint density at radius 3 is 2.59 bits per heavy atom. The zero-order valence-electron chi connectivity index (χ0n) is 16.1. The largest absolute Gasteiger partial charge is 0.361 e. The normalized spacial score (nSPS) is 12.1. The summed E-state index contributed by atoms with van der Waals surface area (Å²) in [7, 11) is 0. The van der Waals surface area contributed by atoms with Crippen molar-refractivity contribution < 1.29 is 9.32 Å². The smallest absolute Gasteiger partial charge is 0.225 e. The summed E-state index contributed by atoms with van der Waals surface area (Å²) in [4.78, 5) is 13.9. The molecule has 3 rings (SSSR count). The first-order chi connectivity index (χ1) is 13.1. The van der Waals surface area contributed by atoms with E-state index in [4.69, 9.17) is 4.52 Å². The second kappa shape index (κ2) is 9.00. The maximum absolute atomic E-state index is 12.7. The molecule has 1 atom stereocenters. The maximum atomic E-state index is 12.7. The number of aromatic nitrogens is 1. The van der Waals surface area contributed by atoms with Gasteiger partial charge in [-0.15, -0.1) is 11.3 Å². The van der Waals surface area contributed by atoms with Crippen LogP contribution >= 0.6 is 11.3 Å². The van der Waals surface area contributed by atoms with Crippen molar-refractivity contribution >= 4 is 17.2 Å². The number of hydrogen-bond donors (Lipinski definition) is 1. The summed E-state index contributed by atoms with van der Waals surface area (Å²) >= 11 is 1.65. The van der Waals surface area contributed by atoms with Crippen LogP contribution in [-0.4, -0.2) is 11.1 Å². The molecule has 142 valence electrons. The highest BCUT2D eigenvalue weighted by Gasteiger charge is 2.20. The molecule has 0 saturated carbocycles. The van der Waals surface area contributed by atoms with E-state index in [-0.39, 0.29) is 18.4 Å². The van der Waals surface area contributed by atoms with E-state index in [1.165, 1.54) is 18.4 Å². The van der Waals surface area contributed by atoms with Crippen molar-refractivity contribution in [3.63, 3.8) is 0 Å². The average Bonchev–Trinajstić information content (AvgIpc) is 3.31. The Hall–Kier alpha value is -2.40. The molecular formula is C22H26N2O2S.